The van der Waals surface area contributed by atoms with E-state index in [1.807, 2.05) is 74.5 Å². The van der Waals surface area contributed by atoms with E-state index in [-0.39, 0.29) is 37.8 Å². The predicted octanol–water partition coefficient (Wildman–Crippen LogP) is 3.35. The summed E-state index contributed by atoms with van der Waals surface area (Å²) in [6, 6.07) is 18.4. The maximum Gasteiger partial charge on any atom is 0.309 e. The van der Waals surface area contributed by atoms with Crippen LogP contribution in [0.15, 0.2) is 60.7 Å². The lowest BCUT2D eigenvalue weighted by atomic mass is 9.80. The number of ketones is 1. The zero-order valence-electron chi connectivity index (χ0n) is 25.0. The summed E-state index contributed by atoms with van der Waals surface area (Å²) in [5, 5.41) is 21.1. The molecule has 0 saturated carbocycles. The molecule has 0 aliphatic heterocycles. The lowest BCUT2D eigenvalue weighted by Crippen LogP contribution is -2.55. The van der Waals surface area contributed by atoms with Crippen LogP contribution in [0.4, 0.5) is 0 Å². The number of Topliss-reactive ketones (excluding diaryl/α,β-unsaturated/α-hetero) is 1. The third-order valence-electron chi connectivity index (χ3n) is 7.02. The molecular weight excluding hydrogens is 544 g/mol. The molecule has 0 radical (unpaired) electrons. The van der Waals surface area contributed by atoms with Crippen LogP contribution in [0.2, 0.25) is 0 Å². The first-order chi connectivity index (χ1) is 19.2. The van der Waals surface area contributed by atoms with Crippen molar-refractivity contribution < 1.29 is 33.0 Å². The van der Waals surface area contributed by atoms with Gasteiger partial charge in [-0.1, -0.05) is 88.4 Å². The summed E-state index contributed by atoms with van der Waals surface area (Å²) in [5.41, 5.74) is 0.505. The number of benzene rings is 2. The Balaban J connectivity index is 2.29. The monoisotopic (exact) mass is 590 g/mol. The zero-order valence-corrected chi connectivity index (χ0v) is 25.8. The second kappa shape index (κ2) is 15.6. The Morgan fingerprint density at radius 1 is 0.902 bits per heavy atom. The Hall–Kier alpha value is -2.63. The highest BCUT2D eigenvalue weighted by Crippen LogP contribution is 2.25. The minimum Gasteiger partial charge on any atom is -0.461 e. The van der Waals surface area contributed by atoms with E-state index in [4.69, 9.17) is 4.74 Å². The van der Waals surface area contributed by atoms with Crippen LogP contribution in [0.5, 0.6) is 0 Å². The van der Waals surface area contributed by atoms with Gasteiger partial charge in [-0.25, -0.2) is 0 Å². The third-order valence-corrected chi connectivity index (χ3v) is 8.81. The molecule has 0 bridgehead atoms. The van der Waals surface area contributed by atoms with Crippen molar-refractivity contribution in [3.63, 3.8) is 0 Å². The number of rotatable bonds is 17. The summed E-state index contributed by atoms with van der Waals surface area (Å²) < 4.78 is 35.7. The highest BCUT2D eigenvalue weighted by Gasteiger charge is 2.38. The van der Waals surface area contributed by atoms with Crippen LogP contribution in [0.1, 0.15) is 52.7 Å². The van der Waals surface area contributed by atoms with Gasteiger partial charge in [0, 0.05) is 24.9 Å². The van der Waals surface area contributed by atoms with Crippen molar-refractivity contribution in [2.75, 3.05) is 19.7 Å². The number of nitrogens with zero attached hydrogens (tertiary/aromatic N) is 1. The van der Waals surface area contributed by atoms with Crippen molar-refractivity contribution in [1.82, 2.24) is 9.03 Å². The molecule has 2 rings (SSSR count). The fourth-order valence-electron chi connectivity index (χ4n) is 4.40. The van der Waals surface area contributed by atoms with Crippen LogP contribution < -0.4 is 4.72 Å². The van der Waals surface area contributed by atoms with Crippen molar-refractivity contribution in [1.29, 1.82) is 0 Å². The molecule has 41 heavy (non-hydrogen) atoms. The van der Waals surface area contributed by atoms with Gasteiger partial charge in [0.1, 0.15) is 12.4 Å². The van der Waals surface area contributed by atoms with E-state index in [1.54, 1.807) is 27.7 Å². The second-order valence-corrected chi connectivity index (χ2v) is 13.5. The largest absolute Gasteiger partial charge is 0.461 e. The number of hydrogen-bond donors (Lipinski definition) is 3. The molecular formula is C31H46N2O7S. The van der Waals surface area contributed by atoms with Crippen molar-refractivity contribution in [3.05, 3.63) is 71.8 Å². The van der Waals surface area contributed by atoms with Crippen LogP contribution in [0.25, 0.3) is 0 Å². The normalized spacial score (nSPS) is 15.4. The number of carbonyl (C=O) groups excluding carboxylic acids is 2. The van der Waals surface area contributed by atoms with E-state index >= 15 is 0 Å². The average molecular weight is 591 g/mol. The van der Waals surface area contributed by atoms with Gasteiger partial charge in [0.25, 0.3) is 10.2 Å². The predicted molar refractivity (Wildman–Crippen MR) is 159 cm³/mol. The lowest BCUT2D eigenvalue weighted by Gasteiger charge is -2.33. The van der Waals surface area contributed by atoms with E-state index in [2.05, 4.69) is 4.72 Å². The second-order valence-electron chi connectivity index (χ2n) is 11.8. The number of aliphatic hydroxyl groups excluding tert-OH is 2. The first-order valence-corrected chi connectivity index (χ1v) is 15.5. The molecule has 2 aromatic carbocycles. The SMILES string of the molecule is CC(C)CN(C[C@H](O)C(Cc1ccccc1)C(=O)[C@H](C)C(C)C(=O)OCc1ccccc1)S(=O)(=O)NC(C)(C)CO. The molecule has 0 fully saturated rings. The fraction of sp³-hybridized carbons (Fsp3) is 0.548. The van der Waals surface area contributed by atoms with Gasteiger partial charge >= 0.3 is 5.97 Å². The van der Waals surface area contributed by atoms with Gasteiger partial charge in [-0.2, -0.15) is 17.4 Å². The van der Waals surface area contributed by atoms with Gasteiger partial charge in [-0.15, -0.1) is 0 Å². The Morgan fingerprint density at radius 3 is 1.95 bits per heavy atom. The number of aliphatic hydroxyl groups is 2. The number of esters is 1. The molecule has 2 aromatic rings. The highest BCUT2D eigenvalue weighted by molar-refractivity contribution is 7.87. The van der Waals surface area contributed by atoms with Crippen molar-refractivity contribution in [3.8, 4) is 0 Å². The van der Waals surface area contributed by atoms with Crippen molar-refractivity contribution >= 4 is 22.0 Å². The molecule has 228 valence electrons. The zero-order chi connectivity index (χ0) is 30.8. The van der Waals surface area contributed by atoms with Crippen LogP contribution in [-0.4, -0.2) is 66.0 Å². The van der Waals surface area contributed by atoms with Crippen LogP contribution in [-0.2, 0) is 37.6 Å². The highest BCUT2D eigenvalue weighted by atomic mass is 32.2. The van der Waals surface area contributed by atoms with Crippen molar-refractivity contribution in [2.24, 2.45) is 23.7 Å². The summed E-state index contributed by atoms with van der Waals surface area (Å²) in [6.07, 6.45) is -1.19. The first kappa shape index (κ1) is 34.6. The maximum atomic E-state index is 13.9. The van der Waals surface area contributed by atoms with E-state index in [1.165, 1.54) is 0 Å². The Kier molecular flexibility index (Phi) is 13.1. The van der Waals surface area contributed by atoms with E-state index in [9.17, 15) is 28.2 Å². The number of hydrogen-bond acceptors (Lipinski definition) is 7. The quantitative estimate of drug-likeness (QED) is 0.241. The minimum absolute atomic E-state index is 0.0716. The molecule has 0 aliphatic carbocycles. The summed E-state index contributed by atoms with van der Waals surface area (Å²) in [6.45, 7) is 9.48. The average Bonchev–Trinajstić information content (AvgIpc) is 2.93. The van der Waals surface area contributed by atoms with E-state index in [0.29, 0.717) is 0 Å². The molecule has 0 amide bonds. The first-order valence-electron chi connectivity index (χ1n) is 14.0. The van der Waals surface area contributed by atoms with E-state index < -0.39 is 52.2 Å². The Morgan fingerprint density at radius 2 is 1.44 bits per heavy atom. The number of ether oxygens (including phenoxy) is 1. The molecule has 0 aromatic heterocycles. The van der Waals surface area contributed by atoms with Crippen LogP contribution >= 0.6 is 0 Å². The van der Waals surface area contributed by atoms with Gasteiger partial charge in [-0.05, 0) is 37.3 Å². The molecule has 0 saturated heterocycles. The standard InChI is InChI=1S/C31H46N2O7S/c1-22(2)18-33(41(38,39)32-31(5,6)21-34)19-28(35)27(17-25-13-9-7-10-14-25)29(36)23(3)24(4)30(37)40-20-26-15-11-8-12-16-26/h7-16,22-24,27-28,32,34-35H,17-21H2,1-6H3/t23-,24?,27?,28+/m1/s1. The summed E-state index contributed by atoms with van der Waals surface area (Å²) >= 11 is 0. The molecule has 0 aliphatic rings. The van der Waals surface area contributed by atoms with Gasteiger partial charge in [0.05, 0.1) is 24.2 Å². The molecule has 0 heterocycles. The smallest absolute Gasteiger partial charge is 0.309 e. The number of nitrogens with one attached hydrogen (secondary N) is 1. The lowest BCUT2D eigenvalue weighted by molar-refractivity contribution is -0.154. The van der Waals surface area contributed by atoms with Crippen LogP contribution in [0.3, 0.4) is 0 Å². The fourth-order valence-corrected chi connectivity index (χ4v) is 6.14. The van der Waals surface area contributed by atoms with Gasteiger partial charge < -0.3 is 14.9 Å². The summed E-state index contributed by atoms with van der Waals surface area (Å²) in [4.78, 5) is 26.7. The van der Waals surface area contributed by atoms with Gasteiger partial charge in [0.2, 0.25) is 0 Å². The van der Waals surface area contributed by atoms with E-state index in [0.717, 1.165) is 15.4 Å². The molecule has 4 atom stereocenters. The maximum absolute atomic E-state index is 13.9. The molecule has 9 nitrogen and oxygen atoms in total. The van der Waals surface area contributed by atoms with Gasteiger partial charge in [-0.3, -0.25) is 9.59 Å². The topological polar surface area (TPSA) is 133 Å². The molecule has 10 heteroatoms. The minimum atomic E-state index is -4.12. The molecule has 3 N–H and O–H groups in total. The summed E-state index contributed by atoms with van der Waals surface area (Å²) in [7, 11) is -4.12. The van der Waals surface area contributed by atoms with Crippen LogP contribution in [0, 0.1) is 23.7 Å². The molecule has 0 spiro atoms. The Bertz CT molecular complexity index is 1200. The van der Waals surface area contributed by atoms with Gasteiger partial charge in [0.15, 0.2) is 0 Å². The third kappa shape index (κ3) is 10.9. The van der Waals surface area contributed by atoms with Crippen molar-refractivity contribution in [2.45, 2.75) is 66.2 Å². The summed E-state index contributed by atoms with van der Waals surface area (Å²) in [5.74, 6) is -3.49. The Labute approximate surface area is 245 Å². The number of carbonyl (C=O) groups is 2. The molecule has 2 unspecified atom stereocenters.